The maximum atomic E-state index is 12.8. The molecule has 1 aliphatic heterocycles. The van der Waals surface area contributed by atoms with Crippen LogP contribution in [0.1, 0.15) is 19.8 Å². The highest BCUT2D eigenvalue weighted by molar-refractivity contribution is 5.83. The SMILES string of the molecule is CC1C(C(=O)N2CCCC2)C1(F)F. The maximum absolute atomic E-state index is 12.8. The molecule has 1 saturated carbocycles. The fourth-order valence-electron chi connectivity index (χ4n) is 1.99. The normalized spacial score (nSPS) is 36.4. The lowest BCUT2D eigenvalue weighted by Crippen LogP contribution is -2.30. The molecule has 0 aromatic rings. The van der Waals surface area contributed by atoms with E-state index >= 15 is 0 Å². The van der Waals surface area contributed by atoms with Crippen LogP contribution in [0.3, 0.4) is 0 Å². The maximum Gasteiger partial charge on any atom is 0.263 e. The Morgan fingerprint density at radius 3 is 2.23 bits per heavy atom. The number of carbonyl (C=O) groups is 1. The summed E-state index contributed by atoms with van der Waals surface area (Å²) in [6, 6.07) is 0. The summed E-state index contributed by atoms with van der Waals surface area (Å²) in [5, 5.41) is 0. The fourth-order valence-corrected chi connectivity index (χ4v) is 1.99. The lowest BCUT2D eigenvalue weighted by Gasteiger charge is -2.14. The molecule has 0 radical (unpaired) electrons. The van der Waals surface area contributed by atoms with Gasteiger partial charge in [-0.1, -0.05) is 6.92 Å². The highest BCUT2D eigenvalue weighted by atomic mass is 19.3. The number of likely N-dealkylation sites (tertiary alicyclic amines) is 1. The lowest BCUT2D eigenvalue weighted by molar-refractivity contribution is -0.133. The van der Waals surface area contributed by atoms with Crippen molar-refractivity contribution in [3.8, 4) is 0 Å². The van der Waals surface area contributed by atoms with E-state index in [0.717, 1.165) is 12.8 Å². The van der Waals surface area contributed by atoms with E-state index in [-0.39, 0.29) is 5.91 Å². The first-order valence-corrected chi connectivity index (χ1v) is 4.71. The largest absolute Gasteiger partial charge is 0.342 e. The smallest absolute Gasteiger partial charge is 0.263 e. The van der Waals surface area contributed by atoms with Crippen LogP contribution in [0.4, 0.5) is 8.78 Å². The van der Waals surface area contributed by atoms with Gasteiger partial charge in [0.1, 0.15) is 5.92 Å². The van der Waals surface area contributed by atoms with Gasteiger partial charge in [0.05, 0.1) is 0 Å². The van der Waals surface area contributed by atoms with Crippen molar-refractivity contribution in [2.24, 2.45) is 11.8 Å². The molecule has 4 heteroatoms. The predicted octanol–water partition coefficient (Wildman–Crippen LogP) is 1.51. The minimum Gasteiger partial charge on any atom is -0.342 e. The Kier molecular flexibility index (Phi) is 1.82. The second-order valence-corrected chi connectivity index (χ2v) is 3.97. The zero-order valence-corrected chi connectivity index (χ0v) is 7.59. The Labute approximate surface area is 75.9 Å². The molecule has 2 rings (SSSR count). The molecule has 1 saturated heterocycles. The quantitative estimate of drug-likeness (QED) is 0.612. The van der Waals surface area contributed by atoms with Crippen LogP contribution in [0.5, 0.6) is 0 Å². The lowest BCUT2D eigenvalue weighted by atomic mass is 10.3. The molecule has 1 heterocycles. The van der Waals surface area contributed by atoms with Gasteiger partial charge in [0, 0.05) is 19.0 Å². The van der Waals surface area contributed by atoms with E-state index in [1.165, 1.54) is 6.92 Å². The minimum atomic E-state index is -2.74. The molecule has 1 amide bonds. The first-order chi connectivity index (χ1) is 6.05. The molecule has 2 unspecified atom stereocenters. The van der Waals surface area contributed by atoms with Crippen molar-refractivity contribution >= 4 is 5.91 Å². The van der Waals surface area contributed by atoms with Crippen LogP contribution < -0.4 is 0 Å². The molecular formula is C9H13F2NO. The van der Waals surface area contributed by atoms with Crippen molar-refractivity contribution in [3.05, 3.63) is 0 Å². The highest BCUT2D eigenvalue weighted by Crippen LogP contribution is 2.55. The van der Waals surface area contributed by atoms with Crippen molar-refractivity contribution in [3.63, 3.8) is 0 Å². The summed E-state index contributed by atoms with van der Waals surface area (Å²) >= 11 is 0. The summed E-state index contributed by atoms with van der Waals surface area (Å²) in [6.45, 7) is 2.77. The van der Waals surface area contributed by atoms with Gasteiger partial charge >= 0.3 is 0 Å². The van der Waals surface area contributed by atoms with Crippen LogP contribution >= 0.6 is 0 Å². The molecule has 0 aromatic heterocycles. The third kappa shape index (κ3) is 1.23. The average Bonchev–Trinajstić information content (AvgIpc) is 2.57. The number of rotatable bonds is 1. The van der Waals surface area contributed by atoms with Crippen molar-refractivity contribution in [2.75, 3.05) is 13.1 Å². The van der Waals surface area contributed by atoms with Crippen LogP contribution in [0.2, 0.25) is 0 Å². The van der Waals surface area contributed by atoms with Gasteiger partial charge in [-0.05, 0) is 12.8 Å². The Hall–Kier alpha value is -0.670. The van der Waals surface area contributed by atoms with E-state index in [9.17, 15) is 13.6 Å². The number of nitrogens with zero attached hydrogens (tertiary/aromatic N) is 1. The molecule has 0 bridgehead atoms. The summed E-state index contributed by atoms with van der Waals surface area (Å²) in [4.78, 5) is 13.1. The summed E-state index contributed by atoms with van der Waals surface area (Å²) < 4.78 is 25.7. The fraction of sp³-hybridized carbons (Fsp3) is 0.889. The Morgan fingerprint density at radius 2 is 1.85 bits per heavy atom. The number of amides is 1. The number of halogens is 2. The third-order valence-corrected chi connectivity index (χ3v) is 3.10. The van der Waals surface area contributed by atoms with Gasteiger partial charge in [0.2, 0.25) is 5.91 Å². The topological polar surface area (TPSA) is 20.3 Å². The molecule has 2 aliphatic rings. The van der Waals surface area contributed by atoms with Crippen LogP contribution in [-0.2, 0) is 4.79 Å². The first kappa shape index (κ1) is 8.91. The van der Waals surface area contributed by atoms with E-state index < -0.39 is 17.8 Å². The van der Waals surface area contributed by atoms with Crippen LogP contribution in [0, 0.1) is 11.8 Å². The minimum absolute atomic E-state index is 0.338. The molecular weight excluding hydrogens is 176 g/mol. The van der Waals surface area contributed by atoms with Crippen LogP contribution in [0.25, 0.3) is 0 Å². The molecule has 0 N–H and O–H groups in total. The summed E-state index contributed by atoms with van der Waals surface area (Å²) in [7, 11) is 0. The van der Waals surface area contributed by atoms with Crippen molar-refractivity contribution in [1.82, 2.24) is 4.90 Å². The molecule has 2 atom stereocenters. The average molecular weight is 189 g/mol. The van der Waals surface area contributed by atoms with Crippen LogP contribution in [-0.4, -0.2) is 29.8 Å². The zero-order valence-electron chi connectivity index (χ0n) is 7.59. The van der Waals surface area contributed by atoms with Crippen molar-refractivity contribution in [2.45, 2.75) is 25.7 Å². The zero-order chi connectivity index (χ0) is 9.64. The molecule has 74 valence electrons. The molecule has 2 fully saturated rings. The van der Waals surface area contributed by atoms with E-state index in [0.29, 0.717) is 13.1 Å². The Bertz CT molecular complexity index is 236. The molecule has 1 aliphatic carbocycles. The Balaban J connectivity index is 1.99. The van der Waals surface area contributed by atoms with Gasteiger partial charge in [-0.2, -0.15) is 0 Å². The number of carbonyl (C=O) groups excluding carboxylic acids is 1. The molecule has 2 nitrogen and oxygen atoms in total. The van der Waals surface area contributed by atoms with E-state index in [1.54, 1.807) is 4.90 Å². The molecule has 13 heavy (non-hydrogen) atoms. The summed E-state index contributed by atoms with van der Waals surface area (Å²) in [6.07, 6.45) is 1.91. The highest BCUT2D eigenvalue weighted by Gasteiger charge is 2.69. The van der Waals surface area contributed by atoms with Gasteiger partial charge in [-0.25, -0.2) is 8.78 Å². The van der Waals surface area contributed by atoms with E-state index in [1.807, 2.05) is 0 Å². The Morgan fingerprint density at radius 1 is 1.38 bits per heavy atom. The van der Waals surface area contributed by atoms with E-state index in [2.05, 4.69) is 0 Å². The second-order valence-electron chi connectivity index (χ2n) is 3.97. The van der Waals surface area contributed by atoms with Crippen molar-refractivity contribution < 1.29 is 13.6 Å². The standard InChI is InChI=1S/C9H13F2NO/c1-6-7(9(6,10)11)8(13)12-4-2-3-5-12/h6-7H,2-5H2,1H3. The third-order valence-electron chi connectivity index (χ3n) is 3.10. The summed E-state index contributed by atoms with van der Waals surface area (Å²) in [5.41, 5.74) is 0. The predicted molar refractivity (Wildman–Crippen MR) is 43.4 cm³/mol. The van der Waals surface area contributed by atoms with Gasteiger partial charge in [0.15, 0.2) is 0 Å². The first-order valence-electron chi connectivity index (χ1n) is 4.71. The number of hydrogen-bond donors (Lipinski definition) is 0. The van der Waals surface area contributed by atoms with Gasteiger partial charge in [-0.3, -0.25) is 4.79 Å². The van der Waals surface area contributed by atoms with Crippen molar-refractivity contribution in [1.29, 1.82) is 0 Å². The number of hydrogen-bond acceptors (Lipinski definition) is 1. The van der Waals surface area contributed by atoms with Crippen LogP contribution in [0.15, 0.2) is 0 Å². The van der Waals surface area contributed by atoms with Gasteiger partial charge in [0.25, 0.3) is 5.92 Å². The number of alkyl halides is 2. The molecule has 0 aromatic carbocycles. The van der Waals surface area contributed by atoms with Gasteiger partial charge in [-0.15, -0.1) is 0 Å². The molecule has 0 spiro atoms. The monoisotopic (exact) mass is 189 g/mol. The summed E-state index contributed by atoms with van der Waals surface area (Å²) in [5.74, 6) is -4.85. The van der Waals surface area contributed by atoms with E-state index in [4.69, 9.17) is 0 Å². The van der Waals surface area contributed by atoms with Gasteiger partial charge < -0.3 is 4.90 Å². The second kappa shape index (κ2) is 2.66.